The summed E-state index contributed by atoms with van der Waals surface area (Å²) in [6.45, 7) is 5.28. The van der Waals surface area contributed by atoms with Crippen LogP contribution < -0.4 is 25.8 Å². The zero-order chi connectivity index (χ0) is 19.9. The number of anilines is 1. The average Bonchev–Trinajstić information content (AvgIpc) is 3.13. The van der Waals surface area contributed by atoms with Crippen LogP contribution in [0.3, 0.4) is 0 Å². The van der Waals surface area contributed by atoms with Gasteiger partial charge in [0.1, 0.15) is 10.6 Å². The van der Waals surface area contributed by atoms with Gasteiger partial charge in [0.15, 0.2) is 10.2 Å². The number of nitrogens with zero attached hydrogens (tertiary/aromatic N) is 2. The zero-order valence-electron chi connectivity index (χ0n) is 15.8. The van der Waals surface area contributed by atoms with E-state index < -0.39 is 0 Å². The molecule has 1 aromatic heterocycles. The summed E-state index contributed by atoms with van der Waals surface area (Å²) in [5.41, 5.74) is 7.10. The second-order valence-electron chi connectivity index (χ2n) is 6.12. The van der Waals surface area contributed by atoms with Crippen LogP contribution in [0.4, 0.5) is 5.13 Å². The molecule has 0 aliphatic carbocycles. The molecule has 0 saturated carbocycles. The lowest BCUT2D eigenvalue weighted by molar-refractivity contribution is 0.0947. The number of aryl methyl sites for hydroxylation is 1. The largest absolute Gasteiger partial charge is 0.497 e. The van der Waals surface area contributed by atoms with Crippen LogP contribution in [-0.2, 0) is 11.3 Å². The summed E-state index contributed by atoms with van der Waals surface area (Å²) in [4.78, 5) is 19.7. The molecular formula is C18H23N5O3S2. The predicted molar refractivity (Wildman–Crippen MR) is 113 cm³/mol. The molecular weight excluding hydrogens is 398 g/mol. The van der Waals surface area contributed by atoms with Crippen LogP contribution in [0, 0.1) is 6.92 Å². The van der Waals surface area contributed by atoms with Crippen LogP contribution in [-0.4, -0.2) is 49.4 Å². The van der Waals surface area contributed by atoms with Gasteiger partial charge in [0.25, 0.3) is 5.91 Å². The third kappa shape index (κ3) is 5.31. The lowest BCUT2D eigenvalue weighted by Gasteiger charge is -2.25. The van der Waals surface area contributed by atoms with Gasteiger partial charge >= 0.3 is 0 Å². The van der Waals surface area contributed by atoms with Gasteiger partial charge in [-0.05, 0) is 36.8 Å². The molecule has 150 valence electrons. The fourth-order valence-corrected chi connectivity index (χ4v) is 3.76. The third-order valence-corrected chi connectivity index (χ3v) is 5.64. The highest BCUT2D eigenvalue weighted by Gasteiger charge is 2.20. The van der Waals surface area contributed by atoms with E-state index in [4.69, 9.17) is 21.7 Å². The Bertz CT molecular complexity index is 819. The van der Waals surface area contributed by atoms with E-state index in [0.29, 0.717) is 35.4 Å². The van der Waals surface area contributed by atoms with Crippen molar-refractivity contribution < 1.29 is 14.3 Å². The Morgan fingerprint density at radius 2 is 2.00 bits per heavy atom. The molecule has 1 saturated heterocycles. The number of nitrogens with one attached hydrogen (secondary N) is 3. The highest BCUT2D eigenvalue weighted by atomic mass is 32.1. The Kier molecular flexibility index (Phi) is 7.01. The number of thiocarbonyl (C=S) groups is 1. The topological polar surface area (TPSA) is 87.8 Å². The van der Waals surface area contributed by atoms with E-state index in [2.05, 4.69) is 26.1 Å². The predicted octanol–water partition coefficient (Wildman–Crippen LogP) is 1.61. The van der Waals surface area contributed by atoms with Gasteiger partial charge in [0, 0.05) is 19.6 Å². The minimum atomic E-state index is -0.261. The van der Waals surface area contributed by atoms with Gasteiger partial charge < -0.3 is 19.7 Å². The number of hydrogen-bond donors (Lipinski definition) is 3. The molecule has 1 aromatic carbocycles. The number of thiazole rings is 1. The van der Waals surface area contributed by atoms with Gasteiger partial charge in [-0.2, -0.15) is 0 Å². The maximum atomic E-state index is 12.5. The van der Waals surface area contributed by atoms with Crippen molar-refractivity contribution in [1.29, 1.82) is 0 Å². The molecule has 0 spiro atoms. The Morgan fingerprint density at radius 1 is 1.29 bits per heavy atom. The van der Waals surface area contributed by atoms with Gasteiger partial charge in [0.05, 0.1) is 26.0 Å². The van der Waals surface area contributed by atoms with Crippen LogP contribution in [0.15, 0.2) is 24.3 Å². The number of rotatable bonds is 5. The van der Waals surface area contributed by atoms with Crippen molar-refractivity contribution in [2.24, 2.45) is 0 Å². The van der Waals surface area contributed by atoms with Crippen molar-refractivity contribution in [3.05, 3.63) is 40.4 Å². The summed E-state index contributed by atoms with van der Waals surface area (Å²) in [5.74, 6) is 0.538. The number of benzene rings is 1. The number of amides is 1. The quantitative estimate of drug-likeness (QED) is 0.496. The smallest absolute Gasteiger partial charge is 0.281 e. The molecule has 10 heteroatoms. The summed E-state index contributed by atoms with van der Waals surface area (Å²) in [6.07, 6.45) is 0. The first-order valence-corrected chi connectivity index (χ1v) is 10.1. The van der Waals surface area contributed by atoms with Crippen LogP contribution in [0.2, 0.25) is 0 Å². The fourth-order valence-electron chi connectivity index (χ4n) is 2.62. The van der Waals surface area contributed by atoms with Crippen LogP contribution in [0.1, 0.15) is 20.9 Å². The number of methoxy groups -OCH3 is 1. The zero-order valence-corrected chi connectivity index (χ0v) is 17.4. The van der Waals surface area contributed by atoms with Crippen molar-refractivity contribution in [2.45, 2.75) is 13.5 Å². The van der Waals surface area contributed by atoms with Crippen molar-refractivity contribution in [3.8, 4) is 5.75 Å². The maximum Gasteiger partial charge on any atom is 0.281 e. The lowest BCUT2D eigenvalue weighted by atomic mass is 10.2. The molecule has 1 amide bonds. The molecule has 1 aliphatic heterocycles. The standard InChI is InChI=1S/C18H23N5O3S2/c1-12-15(28-18(20-12)23-7-9-26-10-8-23)16(24)21-22-17(27)19-11-13-3-5-14(25-2)6-4-13/h3-6H,7-11H2,1-2H3,(H,21,24)(H2,19,22,27). The number of hydrazine groups is 1. The molecule has 0 atom stereocenters. The second kappa shape index (κ2) is 9.67. The molecule has 3 N–H and O–H groups in total. The van der Waals surface area contributed by atoms with E-state index in [0.717, 1.165) is 29.5 Å². The SMILES string of the molecule is COc1ccc(CNC(=S)NNC(=O)c2sc(N3CCOCC3)nc2C)cc1. The van der Waals surface area contributed by atoms with Gasteiger partial charge in [-0.15, -0.1) is 0 Å². The molecule has 2 aromatic rings. The van der Waals surface area contributed by atoms with Crippen molar-refractivity contribution in [1.82, 2.24) is 21.2 Å². The lowest BCUT2D eigenvalue weighted by Crippen LogP contribution is -2.46. The van der Waals surface area contributed by atoms with Gasteiger partial charge in [-0.1, -0.05) is 23.5 Å². The Hall–Kier alpha value is -2.43. The maximum absolute atomic E-state index is 12.5. The summed E-state index contributed by atoms with van der Waals surface area (Å²) in [5, 5.41) is 4.22. The highest BCUT2D eigenvalue weighted by Crippen LogP contribution is 2.26. The van der Waals surface area contributed by atoms with Crippen LogP contribution in [0.25, 0.3) is 0 Å². The van der Waals surface area contributed by atoms with E-state index in [1.165, 1.54) is 11.3 Å². The normalized spacial score (nSPS) is 13.7. The van der Waals surface area contributed by atoms with E-state index >= 15 is 0 Å². The monoisotopic (exact) mass is 421 g/mol. The molecule has 3 rings (SSSR count). The second-order valence-corrected chi connectivity index (χ2v) is 7.51. The molecule has 8 nitrogen and oxygen atoms in total. The first kappa shape index (κ1) is 20.3. The minimum absolute atomic E-state index is 0.261. The molecule has 28 heavy (non-hydrogen) atoms. The van der Waals surface area contributed by atoms with Crippen molar-refractivity contribution in [3.63, 3.8) is 0 Å². The van der Waals surface area contributed by atoms with Crippen LogP contribution >= 0.6 is 23.6 Å². The molecule has 1 aliphatic rings. The number of ether oxygens (including phenoxy) is 2. The third-order valence-electron chi connectivity index (χ3n) is 4.17. The number of morpholine rings is 1. The van der Waals surface area contributed by atoms with Crippen molar-refractivity contribution in [2.75, 3.05) is 38.3 Å². The Balaban J connectivity index is 1.47. The fraction of sp³-hybridized carbons (Fsp3) is 0.389. The summed E-state index contributed by atoms with van der Waals surface area (Å²) < 4.78 is 10.5. The molecule has 2 heterocycles. The molecule has 0 bridgehead atoms. The van der Waals surface area contributed by atoms with Crippen LogP contribution in [0.5, 0.6) is 5.75 Å². The summed E-state index contributed by atoms with van der Waals surface area (Å²) in [7, 11) is 1.63. The Morgan fingerprint density at radius 3 is 2.68 bits per heavy atom. The molecule has 0 unspecified atom stereocenters. The molecule has 1 fully saturated rings. The van der Waals surface area contributed by atoms with E-state index in [-0.39, 0.29) is 5.91 Å². The first-order chi connectivity index (χ1) is 13.6. The van der Waals surface area contributed by atoms with Crippen molar-refractivity contribution >= 4 is 39.7 Å². The summed E-state index contributed by atoms with van der Waals surface area (Å²) >= 11 is 6.59. The highest BCUT2D eigenvalue weighted by molar-refractivity contribution is 7.80. The van der Waals surface area contributed by atoms with Gasteiger partial charge in [0.2, 0.25) is 0 Å². The first-order valence-electron chi connectivity index (χ1n) is 8.84. The number of hydrogen-bond acceptors (Lipinski definition) is 7. The summed E-state index contributed by atoms with van der Waals surface area (Å²) in [6, 6.07) is 7.66. The van der Waals surface area contributed by atoms with E-state index in [1.807, 2.05) is 31.2 Å². The van der Waals surface area contributed by atoms with E-state index in [1.54, 1.807) is 7.11 Å². The van der Waals surface area contributed by atoms with Gasteiger partial charge in [-0.3, -0.25) is 15.6 Å². The number of carbonyl (C=O) groups excluding carboxylic acids is 1. The number of carbonyl (C=O) groups is 1. The average molecular weight is 422 g/mol. The minimum Gasteiger partial charge on any atom is -0.497 e. The number of aromatic nitrogens is 1. The van der Waals surface area contributed by atoms with Gasteiger partial charge in [-0.25, -0.2) is 4.98 Å². The Labute approximate surface area is 173 Å². The van der Waals surface area contributed by atoms with E-state index in [9.17, 15) is 4.79 Å². The molecule has 0 radical (unpaired) electrons.